The van der Waals surface area contributed by atoms with Gasteiger partial charge in [0.05, 0.1) is 0 Å². The van der Waals surface area contributed by atoms with Crippen LogP contribution in [0.4, 0.5) is 4.39 Å². The molecule has 2 aliphatic heterocycles. The lowest BCUT2D eigenvalue weighted by molar-refractivity contribution is 0.0218. The Hall–Kier alpha value is -2.20. The predicted molar refractivity (Wildman–Crippen MR) is 86.6 cm³/mol. The van der Waals surface area contributed by atoms with Crippen molar-refractivity contribution in [3.8, 4) is 0 Å². The van der Waals surface area contributed by atoms with Crippen LogP contribution < -0.4 is 0 Å². The number of carbonyl (C=O) groups excluding carboxylic acids is 1. The van der Waals surface area contributed by atoms with Crippen LogP contribution in [-0.4, -0.2) is 41.4 Å². The van der Waals surface area contributed by atoms with Crippen LogP contribution in [0.1, 0.15) is 21.5 Å². The molecule has 2 aliphatic rings. The number of hydrogen-bond acceptors (Lipinski definition) is 2. The number of amides is 1. The minimum absolute atomic E-state index is 0.0711. The maximum Gasteiger partial charge on any atom is 0.254 e. The van der Waals surface area contributed by atoms with Crippen LogP contribution in [0.25, 0.3) is 0 Å². The molecule has 0 N–H and O–H groups in total. The number of fused-ring (bicyclic) bond motifs is 1. The van der Waals surface area contributed by atoms with E-state index in [1.807, 2.05) is 0 Å². The fraction of sp³-hybridized carbons (Fsp3) is 0.316. The summed E-state index contributed by atoms with van der Waals surface area (Å²) in [6, 6.07) is 14.9. The highest BCUT2D eigenvalue weighted by molar-refractivity contribution is 5.94. The first-order chi connectivity index (χ1) is 11.2. The molecule has 2 heterocycles. The predicted octanol–water partition coefficient (Wildman–Crippen LogP) is 2.71. The number of carbonyl (C=O) groups is 1. The second kappa shape index (κ2) is 5.78. The summed E-state index contributed by atoms with van der Waals surface area (Å²) < 4.78 is 13.2. The van der Waals surface area contributed by atoms with Crippen molar-refractivity contribution in [2.45, 2.75) is 19.0 Å². The monoisotopic (exact) mass is 310 g/mol. The lowest BCUT2D eigenvalue weighted by Gasteiger charge is -2.47. The van der Waals surface area contributed by atoms with Gasteiger partial charge in [-0.15, -0.1) is 0 Å². The molecule has 4 rings (SSSR count). The van der Waals surface area contributed by atoms with E-state index >= 15 is 0 Å². The summed E-state index contributed by atoms with van der Waals surface area (Å²) in [4.78, 5) is 16.6. The van der Waals surface area contributed by atoms with E-state index in [0.29, 0.717) is 11.6 Å². The van der Waals surface area contributed by atoms with E-state index in [-0.39, 0.29) is 11.7 Å². The molecule has 0 aromatic heterocycles. The van der Waals surface area contributed by atoms with Gasteiger partial charge in [-0.1, -0.05) is 30.3 Å². The minimum atomic E-state index is -0.361. The van der Waals surface area contributed by atoms with Crippen molar-refractivity contribution < 1.29 is 9.18 Å². The standard InChI is InChI=1S/C19H19FN2O/c20-17-7-3-6-15(10-17)19(23)22-12-18(13-22)21-9-8-14-4-1-2-5-16(14)11-21/h1-7,10,18H,8-9,11-13H2. The fourth-order valence-corrected chi connectivity index (χ4v) is 3.49. The van der Waals surface area contributed by atoms with Gasteiger partial charge in [-0.25, -0.2) is 4.39 Å². The van der Waals surface area contributed by atoms with Crippen molar-refractivity contribution in [2.24, 2.45) is 0 Å². The van der Waals surface area contributed by atoms with E-state index < -0.39 is 0 Å². The molecule has 0 bridgehead atoms. The van der Waals surface area contributed by atoms with Crippen molar-refractivity contribution >= 4 is 5.91 Å². The van der Waals surface area contributed by atoms with E-state index in [2.05, 4.69) is 29.2 Å². The molecule has 1 amide bonds. The van der Waals surface area contributed by atoms with E-state index in [1.54, 1.807) is 17.0 Å². The largest absolute Gasteiger partial charge is 0.335 e. The number of likely N-dealkylation sites (tertiary alicyclic amines) is 1. The third kappa shape index (κ3) is 2.75. The first kappa shape index (κ1) is 14.4. The maximum atomic E-state index is 13.2. The third-order valence-corrected chi connectivity index (χ3v) is 4.90. The Morgan fingerprint density at radius 2 is 1.83 bits per heavy atom. The summed E-state index contributed by atoms with van der Waals surface area (Å²) in [6.07, 6.45) is 1.07. The Kier molecular flexibility index (Phi) is 3.62. The summed E-state index contributed by atoms with van der Waals surface area (Å²) in [5.74, 6) is -0.432. The van der Waals surface area contributed by atoms with Gasteiger partial charge >= 0.3 is 0 Å². The molecule has 1 saturated heterocycles. The molecule has 0 atom stereocenters. The second-order valence-corrected chi connectivity index (χ2v) is 6.36. The second-order valence-electron chi connectivity index (χ2n) is 6.36. The van der Waals surface area contributed by atoms with Gasteiger partial charge in [0.25, 0.3) is 5.91 Å². The number of hydrogen-bond donors (Lipinski definition) is 0. The van der Waals surface area contributed by atoms with Crippen molar-refractivity contribution in [3.63, 3.8) is 0 Å². The van der Waals surface area contributed by atoms with Crippen LogP contribution in [0.5, 0.6) is 0 Å². The van der Waals surface area contributed by atoms with E-state index in [0.717, 1.165) is 32.6 Å². The van der Waals surface area contributed by atoms with Gasteiger partial charge in [0.1, 0.15) is 5.82 Å². The van der Waals surface area contributed by atoms with Crippen molar-refractivity contribution in [2.75, 3.05) is 19.6 Å². The highest BCUT2D eigenvalue weighted by Gasteiger charge is 2.36. The topological polar surface area (TPSA) is 23.6 Å². The van der Waals surface area contributed by atoms with Crippen LogP contribution in [0.15, 0.2) is 48.5 Å². The first-order valence-corrected chi connectivity index (χ1v) is 8.06. The number of halogens is 1. The van der Waals surface area contributed by atoms with Gasteiger partial charge in [-0.3, -0.25) is 9.69 Å². The molecule has 3 nitrogen and oxygen atoms in total. The van der Waals surface area contributed by atoms with Gasteiger partial charge < -0.3 is 4.90 Å². The number of nitrogens with zero attached hydrogens (tertiary/aromatic N) is 2. The molecule has 0 unspecified atom stereocenters. The molecular formula is C19H19FN2O. The van der Waals surface area contributed by atoms with Crippen molar-refractivity contribution in [1.82, 2.24) is 9.80 Å². The third-order valence-electron chi connectivity index (χ3n) is 4.90. The Bertz CT molecular complexity index is 740. The summed E-state index contributed by atoms with van der Waals surface area (Å²) in [6.45, 7) is 3.47. The molecule has 2 aromatic carbocycles. The molecule has 4 heteroatoms. The normalized spacial score (nSPS) is 18.4. The van der Waals surface area contributed by atoms with Crippen LogP contribution in [0.2, 0.25) is 0 Å². The zero-order valence-electron chi connectivity index (χ0n) is 12.9. The van der Waals surface area contributed by atoms with E-state index in [9.17, 15) is 9.18 Å². The zero-order valence-corrected chi connectivity index (χ0v) is 12.9. The fourth-order valence-electron chi connectivity index (χ4n) is 3.49. The summed E-state index contributed by atoms with van der Waals surface area (Å²) in [5, 5.41) is 0. The molecule has 0 aliphatic carbocycles. The van der Waals surface area contributed by atoms with E-state index in [4.69, 9.17) is 0 Å². The lowest BCUT2D eigenvalue weighted by Crippen LogP contribution is -2.61. The zero-order chi connectivity index (χ0) is 15.8. The minimum Gasteiger partial charge on any atom is -0.335 e. The lowest BCUT2D eigenvalue weighted by atomic mass is 9.96. The molecule has 1 fully saturated rings. The summed E-state index contributed by atoms with van der Waals surface area (Å²) >= 11 is 0. The van der Waals surface area contributed by atoms with Gasteiger partial charge in [0.15, 0.2) is 0 Å². The van der Waals surface area contributed by atoms with Crippen LogP contribution in [0.3, 0.4) is 0 Å². The number of benzene rings is 2. The SMILES string of the molecule is O=C(c1cccc(F)c1)N1CC(N2CCc3ccccc3C2)C1. The van der Waals surface area contributed by atoms with Gasteiger partial charge in [-0.2, -0.15) is 0 Å². The summed E-state index contributed by atoms with van der Waals surface area (Å²) in [7, 11) is 0. The van der Waals surface area contributed by atoms with Crippen LogP contribution >= 0.6 is 0 Å². The van der Waals surface area contributed by atoms with Gasteiger partial charge in [0.2, 0.25) is 0 Å². The maximum absolute atomic E-state index is 13.2. The molecule has 0 spiro atoms. The molecule has 0 saturated carbocycles. The smallest absolute Gasteiger partial charge is 0.254 e. The molecular weight excluding hydrogens is 291 g/mol. The molecule has 118 valence electrons. The van der Waals surface area contributed by atoms with Gasteiger partial charge in [0, 0.05) is 37.8 Å². The van der Waals surface area contributed by atoms with Crippen LogP contribution in [0, 0.1) is 5.82 Å². The Morgan fingerprint density at radius 3 is 2.61 bits per heavy atom. The van der Waals surface area contributed by atoms with Crippen LogP contribution in [-0.2, 0) is 13.0 Å². The molecule has 0 radical (unpaired) electrons. The Morgan fingerprint density at radius 1 is 1.04 bits per heavy atom. The average molecular weight is 310 g/mol. The van der Waals surface area contributed by atoms with Gasteiger partial charge in [-0.05, 0) is 35.7 Å². The highest BCUT2D eigenvalue weighted by atomic mass is 19.1. The highest BCUT2D eigenvalue weighted by Crippen LogP contribution is 2.25. The quantitative estimate of drug-likeness (QED) is 0.851. The number of rotatable bonds is 2. The van der Waals surface area contributed by atoms with E-state index in [1.165, 1.54) is 23.3 Å². The van der Waals surface area contributed by atoms with Crippen molar-refractivity contribution in [3.05, 3.63) is 71.0 Å². The Labute approximate surface area is 135 Å². The summed E-state index contributed by atoms with van der Waals surface area (Å²) in [5.41, 5.74) is 3.27. The molecule has 2 aromatic rings. The first-order valence-electron chi connectivity index (χ1n) is 8.06. The van der Waals surface area contributed by atoms with Crippen molar-refractivity contribution in [1.29, 1.82) is 0 Å². The Balaban J connectivity index is 1.38. The molecule has 23 heavy (non-hydrogen) atoms. The average Bonchev–Trinajstić information content (AvgIpc) is 2.53.